The number of fused-ring (bicyclic) bond motifs is 1. The molecular formula is C16H22N2O. The molecule has 2 atom stereocenters. The lowest BCUT2D eigenvalue weighted by Crippen LogP contribution is -2.39. The van der Waals surface area contributed by atoms with Gasteiger partial charge in [-0.3, -0.25) is 4.79 Å². The number of amides is 1. The van der Waals surface area contributed by atoms with Gasteiger partial charge in [0, 0.05) is 30.9 Å². The van der Waals surface area contributed by atoms with Crippen LogP contribution in [0, 0.1) is 5.92 Å². The maximum Gasteiger partial charge on any atom is 0.254 e. The molecule has 1 aliphatic heterocycles. The molecule has 0 bridgehead atoms. The monoisotopic (exact) mass is 258 g/mol. The van der Waals surface area contributed by atoms with Gasteiger partial charge in [0.05, 0.1) is 0 Å². The van der Waals surface area contributed by atoms with E-state index in [1.165, 1.54) is 32.1 Å². The number of carbonyl (C=O) groups is 1. The molecule has 0 aromatic heterocycles. The quantitative estimate of drug-likeness (QED) is 0.884. The normalized spacial score (nSPS) is 26.1. The molecular weight excluding hydrogens is 236 g/mol. The molecule has 2 aliphatic rings. The van der Waals surface area contributed by atoms with E-state index in [1.807, 2.05) is 31.3 Å². The maximum atomic E-state index is 12.6. The summed E-state index contributed by atoms with van der Waals surface area (Å²) in [6, 6.07) is 8.32. The van der Waals surface area contributed by atoms with E-state index in [2.05, 4.69) is 10.2 Å². The highest BCUT2D eigenvalue weighted by molar-refractivity contribution is 5.95. The second-order valence-electron chi connectivity index (χ2n) is 5.73. The minimum absolute atomic E-state index is 0.219. The highest BCUT2D eigenvalue weighted by Gasteiger charge is 2.38. The topological polar surface area (TPSA) is 32.3 Å². The second kappa shape index (κ2) is 5.24. The second-order valence-corrected chi connectivity index (χ2v) is 5.73. The molecule has 2 unspecified atom stereocenters. The van der Waals surface area contributed by atoms with Crippen molar-refractivity contribution in [1.82, 2.24) is 4.90 Å². The number of carbonyl (C=O) groups excluding carboxylic acids is 1. The summed E-state index contributed by atoms with van der Waals surface area (Å²) in [5, 5.41) is 3.08. The Bertz CT molecular complexity index is 454. The molecule has 1 aliphatic carbocycles. The summed E-state index contributed by atoms with van der Waals surface area (Å²) < 4.78 is 0. The van der Waals surface area contributed by atoms with Crippen LogP contribution in [0.3, 0.4) is 0 Å². The summed E-state index contributed by atoms with van der Waals surface area (Å²) >= 11 is 0. The number of hydrogen-bond donors (Lipinski definition) is 1. The van der Waals surface area contributed by atoms with Gasteiger partial charge in [-0.15, -0.1) is 0 Å². The molecule has 0 radical (unpaired) electrons. The lowest BCUT2D eigenvalue weighted by molar-refractivity contribution is 0.0690. The van der Waals surface area contributed by atoms with Gasteiger partial charge in [-0.2, -0.15) is 0 Å². The Labute approximate surface area is 115 Å². The molecule has 3 heteroatoms. The summed E-state index contributed by atoms with van der Waals surface area (Å²) in [7, 11) is 1.89. The third kappa shape index (κ3) is 2.34. The third-order valence-electron chi connectivity index (χ3n) is 4.69. The molecule has 19 heavy (non-hydrogen) atoms. The number of hydrogen-bond acceptors (Lipinski definition) is 2. The van der Waals surface area contributed by atoms with Crippen molar-refractivity contribution >= 4 is 11.6 Å². The molecule has 1 aromatic carbocycles. The van der Waals surface area contributed by atoms with Crippen LogP contribution < -0.4 is 5.32 Å². The summed E-state index contributed by atoms with van der Waals surface area (Å²) in [6.45, 7) is 0.946. The summed E-state index contributed by atoms with van der Waals surface area (Å²) in [5.74, 6) is 0.978. The van der Waals surface area contributed by atoms with Crippen LogP contribution in [-0.4, -0.2) is 30.4 Å². The third-order valence-corrected chi connectivity index (χ3v) is 4.69. The van der Waals surface area contributed by atoms with Crippen molar-refractivity contribution in [3.8, 4) is 0 Å². The van der Waals surface area contributed by atoms with Crippen LogP contribution in [0.2, 0.25) is 0 Å². The minimum atomic E-state index is 0.219. The van der Waals surface area contributed by atoms with E-state index >= 15 is 0 Å². The molecule has 1 saturated carbocycles. The van der Waals surface area contributed by atoms with Crippen LogP contribution in [0.25, 0.3) is 0 Å². The van der Waals surface area contributed by atoms with Gasteiger partial charge in [-0.1, -0.05) is 12.8 Å². The number of likely N-dealkylation sites (tertiary alicyclic amines) is 1. The van der Waals surface area contributed by atoms with Crippen molar-refractivity contribution in [1.29, 1.82) is 0 Å². The Morgan fingerprint density at radius 2 is 1.89 bits per heavy atom. The van der Waals surface area contributed by atoms with Crippen LogP contribution in [0.15, 0.2) is 24.3 Å². The summed E-state index contributed by atoms with van der Waals surface area (Å²) in [6.07, 6.45) is 6.34. The number of rotatable bonds is 2. The van der Waals surface area contributed by atoms with Gasteiger partial charge in [0.15, 0.2) is 0 Å². The molecule has 1 N–H and O–H groups in total. The van der Waals surface area contributed by atoms with Crippen molar-refractivity contribution < 1.29 is 4.79 Å². The first-order valence-electron chi connectivity index (χ1n) is 7.38. The lowest BCUT2D eigenvalue weighted by atomic mass is 9.85. The van der Waals surface area contributed by atoms with Gasteiger partial charge in [-0.25, -0.2) is 0 Å². The van der Waals surface area contributed by atoms with Gasteiger partial charge >= 0.3 is 0 Å². The van der Waals surface area contributed by atoms with Crippen molar-refractivity contribution in [3.63, 3.8) is 0 Å². The van der Waals surface area contributed by atoms with E-state index in [1.54, 1.807) is 0 Å². The molecule has 0 spiro atoms. The van der Waals surface area contributed by atoms with Gasteiger partial charge in [-0.05, 0) is 49.4 Å². The summed E-state index contributed by atoms with van der Waals surface area (Å²) in [5.41, 5.74) is 1.87. The summed E-state index contributed by atoms with van der Waals surface area (Å²) in [4.78, 5) is 14.7. The van der Waals surface area contributed by atoms with Gasteiger partial charge in [0.25, 0.3) is 5.91 Å². The SMILES string of the molecule is CNc1ccc(C(=O)N2CCC3CCCCC32)cc1. The van der Waals surface area contributed by atoms with Crippen molar-refractivity contribution in [3.05, 3.63) is 29.8 Å². The van der Waals surface area contributed by atoms with E-state index in [0.29, 0.717) is 6.04 Å². The number of benzene rings is 1. The van der Waals surface area contributed by atoms with Gasteiger partial charge < -0.3 is 10.2 Å². The Morgan fingerprint density at radius 3 is 2.63 bits per heavy atom. The van der Waals surface area contributed by atoms with Crippen LogP contribution >= 0.6 is 0 Å². The van der Waals surface area contributed by atoms with Gasteiger partial charge in [0.1, 0.15) is 0 Å². The molecule has 3 rings (SSSR count). The average Bonchev–Trinajstić information content (AvgIpc) is 2.90. The van der Waals surface area contributed by atoms with Crippen molar-refractivity contribution in [2.75, 3.05) is 18.9 Å². The number of nitrogens with one attached hydrogen (secondary N) is 1. The molecule has 2 fully saturated rings. The first-order chi connectivity index (χ1) is 9.29. The number of nitrogens with zero attached hydrogens (tertiary/aromatic N) is 1. The molecule has 1 heterocycles. The van der Waals surface area contributed by atoms with Crippen LogP contribution in [0.4, 0.5) is 5.69 Å². The highest BCUT2D eigenvalue weighted by Crippen LogP contribution is 2.36. The van der Waals surface area contributed by atoms with E-state index in [-0.39, 0.29) is 5.91 Å². The lowest BCUT2D eigenvalue weighted by Gasteiger charge is -2.31. The molecule has 1 amide bonds. The average molecular weight is 258 g/mol. The fraction of sp³-hybridized carbons (Fsp3) is 0.562. The molecule has 1 aromatic rings. The Morgan fingerprint density at radius 1 is 1.16 bits per heavy atom. The predicted octanol–water partition coefficient (Wildman–Crippen LogP) is 3.13. The largest absolute Gasteiger partial charge is 0.388 e. The van der Waals surface area contributed by atoms with Crippen molar-refractivity contribution in [2.24, 2.45) is 5.92 Å². The number of anilines is 1. The van der Waals surface area contributed by atoms with Crippen molar-refractivity contribution in [2.45, 2.75) is 38.1 Å². The molecule has 1 saturated heterocycles. The Kier molecular flexibility index (Phi) is 3.45. The van der Waals surface area contributed by atoms with E-state index in [9.17, 15) is 4.79 Å². The van der Waals surface area contributed by atoms with E-state index in [4.69, 9.17) is 0 Å². The molecule has 102 valence electrons. The maximum absolute atomic E-state index is 12.6. The minimum Gasteiger partial charge on any atom is -0.388 e. The highest BCUT2D eigenvalue weighted by atomic mass is 16.2. The van der Waals surface area contributed by atoms with E-state index in [0.717, 1.165) is 23.7 Å². The standard InChI is InChI=1S/C16H22N2O/c1-17-14-8-6-13(7-9-14)16(19)18-11-10-12-4-2-3-5-15(12)18/h6-9,12,15,17H,2-5,10-11H2,1H3. The van der Waals surface area contributed by atoms with Crippen LogP contribution in [0.5, 0.6) is 0 Å². The van der Waals surface area contributed by atoms with Gasteiger partial charge in [0.2, 0.25) is 0 Å². The smallest absolute Gasteiger partial charge is 0.254 e. The zero-order valence-corrected chi connectivity index (χ0v) is 11.6. The Balaban J connectivity index is 1.75. The fourth-order valence-corrected chi connectivity index (χ4v) is 3.60. The fourth-order valence-electron chi connectivity index (χ4n) is 3.60. The zero-order valence-electron chi connectivity index (χ0n) is 11.6. The first kappa shape index (κ1) is 12.5. The van der Waals surface area contributed by atoms with Crippen LogP contribution in [-0.2, 0) is 0 Å². The zero-order chi connectivity index (χ0) is 13.2. The van der Waals surface area contributed by atoms with E-state index < -0.39 is 0 Å². The first-order valence-corrected chi connectivity index (χ1v) is 7.38. The predicted molar refractivity (Wildman–Crippen MR) is 77.4 cm³/mol. The van der Waals surface area contributed by atoms with Crippen LogP contribution in [0.1, 0.15) is 42.5 Å². The Hall–Kier alpha value is -1.51. The molecule has 3 nitrogen and oxygen atoms in total.